The Morgan fingerprint density at radius 3 is 2.60 bits per heavy atom. The average Bonchev–Trinajstić information content (AvgIpc) is 2.18. The Hall–Kier alpha value is -0.380. The van der Waals surface area contributed by atoms with Crippen LogP contribution in [0.2, 0.25) is 0 Å². The maximum absolute atomic E-state index is 5.60. The number of hydrogen-bond donors (Lipinski definition) is 2. The summed E-state index contributed by atoms with van der Waals surface area (Å²) in [5.74, 6) is 6.22. The molecule has 15 heavy (non-hydrogen) atoms. The lowest BCUT2D eigenvalue weighted by molar-refractivity contribution is 0.437. The van der Waals surface area contributed by atoms with Crippen LogP contribution < -0.4 is 11.3 Å². The molecule has 0 aliphatic rings. The van der Waals surface area contributed by atoms with Crippen LogP contribution in [0.4, 0.5) is 0 Å². The largest absolute Gasteiger partial charge is 0.271 e. The number of aryl methyl sites for hydroxylation is 1. The molecular weight excluding hydrogens is 252 g/mol. The van der Waals surface area contributed by atoms with Gasteiger partial charge in [0.2, 0.25) is 0 Å². The molecule has 0 aliphatic heterocycles. The molecule has 0 heterocycles. The Balaban J connectivity index is 2.95. The third-order valence-corrected chi connectivity index (χ3v) is 3.16. The van der Waals surface area contributed by atoms with Crippen molar-refractivity contribution in [3.63, 3.8) is 0 Å². The summed E-state index contributed by atoms with van der Waals surface area (Å²) in [5.41, 5.74) is 5.39. The van der Waals surface area contributed by atoms with Crippen molar-refractivity contribution in [2.45, 2.75) is 33.2 Å². The van der Waals surface area contributed by atoms with Crippen molar-refractivity contribution in [1.82, 2.24) is 5.43 Å². The first kappa shape index (κ1) is 12.7. The van der Waals surface area contributed by atoms with Crippen LogP contribution in [-0.2, 0) is 0 Å². The summed E-state index contributed by atoms with van der Waals surface area (Å²) in [6.07, 6.45) is 1.04. The number of hydrazine groups is 1. The number of hydrogen-bond acceptors (Lipinski definition) is 2. The van der Waals surface area contributed by atoms with E-state index in [1.165, 1.54) is 11.1 Å². The predicted octanol–water partition coefficient (Wildman–Crippen LogP) is 3.31. The highest BCUT2D eigenvalue weighted by atomic mass is 79.9. The molecule has 1 atom stereocenters. The molecule has 0 fully saturated rings. The van der Waals surface area contributed by atoms with Gasteiger partial charge in [-0.05, 0) is 30.9 Å². The van der Waals surface area contributed by atoms with Crippen LogP contribution in [0.1, 0.15) is 37.4 Å². The Morgan fingerprint density at radius 2 is 2.07 bits per heavy atom. The van der Waals surface area contributed by atoms with Gasteiger partial charge < -0.3 is 0 Å². The van der Waals surface area contributed by atoms with Gasteiger partial charge in [-0.2, -0.15) is 0 Å². The Labute approximate surface area is 100 Å². The molecule has 84 valence electrons. The summed E-state index contributed by atoms with van der Waals surface area (Å²) in [6.45, 7) is 6.50. The van der Waals surface area contributed by atoms with Crippen LogP contribution in [0.3, 0.4) is 0 Å². The van der Waals surface area contributed by atoms with Crippen LogP contribution in [0.5, 0.6) is 0 Å². The second-order valence-electron chi connectivity index (χ2n) is 4.37. The Bertz CT molecular complexity index is 323. The third kappa shape index (κ3) is 3.59. The lowest BCUT2D eigenvalue weighted by Gasteiger charge is -2.20. The number of nitrogens with two attached hydrogens (primary N) is 1. The van der Waals surface area contributed by atoms with Gasteiger partial charge in [-0.1, -0.05) is 47.5 Å². The van der Waals surface area contributed by atoms with E-state index in [1.807, 2.05) is 0 Å². The molecule has 3 heteroatoms. The van der Waals surface area contributed by atoms with Crippen molar-refractivity contribution in [3.05, 3.63) is 33.8 Å². The third-order valence-electron chi connectivity index (χ3n) is 2.44. The molecule has 1 aromatic rings. The molecule has 0 aliphatic carbocycles. The number of benzene rings is 1. The molecule has 1 rings (SSSR count). The minimum atomic E-state index is 0.222. The minimum Gasteiger partial charge on any atom is -0.271 e. The van der Waals surface area contributed by atoms with E-state index in [2.05, 4.69) is 60.3 Å². The first-order valence-corrected chi connectivity index (χ1v) is 6.06. The van der Waals surface area contributed by atoms with E-state index >= 15 is 0 Å². The van der Waals surface area contributed by atoms with E-state index in [1.54, 1.807) is 0 Å². The molecule has 0 saturated heterocycles. The first-order valence-electron chi connectivity index (χ1n) is 5.26. The maximum Gasteiger partial charge on any atom is 0.0473 e. The molecule has 2 nitrogen and oxygen atoms in total. The fourth-order valence-electron chi connectivity index (χ4n) is 1.69. The van der Waals surface area contributed by atoms with Crippen molar-refractivity contribution in [1.29, 1.82) is 0 Å². The summed E-state index contributed by atoms with van der Waals surface area (Å²) in [7, 11) is 0. The Kier molecular flexibility index (Phi) is 4.77. The zero-order chi connectivity index (χ0) is 11.4. The highest BCUT2D eigenvalue weighted by Crippen LogP contribution is 2.28. The monoisotopic (exact) mass is 270 g/mol. The molecule has 0 spiro atoms. The molecule has 0 aromatic heterocycles. The van der Waals surface area contributed by atoms with Crippen molar-refractivity contribution in [3.8, 4) is 0 Å². The van der Waals surface area contributed by atoms with Crippen molar-refractivity contribution >= 4 is 15.9 Å². The van der Waals surface area contributed by atoms with Crippen molar-refractivity contribution in [2.75, 3.05) is 0 Å². The highest BCUT2D eigenvalue weighted by molar-refractivity contribution is 9.10. The number of rotatable bonds is 4. The molecule has 1 aromatic carbocycles. The lowest BCUT2D eigenvalue weighted by atomic mass is 9.96. The summed E-state index contributed by atoms with van der Waals surface area (Å²) in [5, 5.41) is 0. The molecule has 0 bridgehead atoms. The predicted molar refractivity (Wildman–Crippen MR) is 68.4 cm³/mol. The summed E-state index contributed by atoms with van der Waals surface area (Å²) >= 11 is 3.57. The molecule has 0 saturated carbocycles. The lowest BCUT2D eigenvalue weighted by Crippen LogP contribution is -2.29. The van der Waals surface area contributed by atoms with Gasteiger partial charge in [-0.3, -0.25) is 11.3 Å². The fourth-order valence-corrected chi connectivity index (χ4v) is 2.21. The molecule has 0 radical (unpaired) electrons. The minimum absolute atomic E-state index is 0.222. The molecule has 0 amide bonds. The van der Waals surface area contributed by atoms with Gasteiger partial charge in [0, 0.05) is 10.5 Å². The summed E-state index contributed by atoms with van der Waals surface area (Å²) < 4.78 is 1.12. The van der Waals surface area contributed by atoms with Crippen molar-refractivity contribution in [2.24, 2.45) is 11.8 Å². The zero-order valence-electron chi connectivity index (χ0n) is 9.55. The van der Waals surface area contributed by atoms with E-state index in [0.29, 0.717) is 5.92 Å². The van der Waals surface area contributed by atoms with Gasteiger partial charge in [-0.15, -0.1) is 0 Å². The fraction of sp³-hybridized carbons (Fsp3) is 0.500. The van der Waals surface area contributed by atoms with Gasteiger partial charge in [0.1, 0.15) is 0 Å². The number of halogens is 1. The molecule has 1 unspecified atom stereocenters. The zero-order valence-corrected chi connectivity index (χ0v) is 11.1. The van der Waals surface area contributed by atoms with E-state index in [9.17, 15) is 0 Å². The van der Waals surface area contributed by atoms with E-state index in [-0.39, 0.29) is 6.04 Å². The molecular formula is C12H19BrN2. The quantitative estimate of drug-likeness (QED) is 0.651. The standard InChI is InChI=1S/C12H19BrN2/c1-8(2)6-12(15-14)10-7-9(3)4-5-11(10)13/h4-5,7-8,12,15H,6,14H2,1-3H3. The second-order valence-corrected chi connectivity index (χ2v) is 5.23. The average molecular weight is 271 g/mol. The van der Waals surface area contributed by atoms with Gasteiger partial charge >= 0.3 is 0 Å². The van der Waals surface area contributed by atoms with Gasteiger partial charge in [0.25, 0.3) is 0 Å². The van der Waals surface area contributed by atoms with Crippen LogP contribution >= 0.6 is 15.9 Å². The smallest absolute Gasteiger partial charge is 0.0473 e. The first-order chi connectivity index (χ1) is 7.04. The topological polar surface area (TPSA) is 38.0 Å². The van der Waals surface area contributed by atoms with E-state index < -0.39 is 0 Å². The van der Waals surface area contributed by atoms with Gasteiger partial charge in [0.05, 0.1) is 0 Å². The summed E-state index contributed by atoms with van der Waals surface area (Å²) in [4.78, 5) is 0. The summed E-state index contributed by atoms with van der Waals surface area (Å²) in [6, 6.07) is 6.57. The SMILES string of the molecule is Cc1ccc(Br)c(C(CC(C)C)NN)c1. The normalized spacial score (nSPS) is 13.2. The molecule has 3 N–H and O–H groups in total. The van der Waals surface area contributed by atoms with Gasteiger partial charge in [0.15, 0.2) is 0 Å². The Morgan fingerprint density at radius 1 is 1.40 bits per heavy atom. The van der Waals surface area contributed by atoms with Crippen molar-refractivity contribution < 1.29 is 0 Å². The highest BCUT2D eigenvalue weighted by Gasteiger charge is 2.14. The van der Waals surface area contributed by atoms with Crippen LogP contribution in [0.25, 0.3) is 0 Å². The second kappa shape index (κ2) is 5.64. The van der Waals surface area contributed by atoms with Gasteiger partial charge in [-0.25, -0.2) is 0 Å². The van der Waals surface area contributed by atoms with Crippen LogP contribution in [0, 0.1) is 12.8 Å². The maximum atomic E-state index is 5.60. The van der Waals surface area contributed by atoms with E-state index in [4.69, 9.17) is 5.84 Å². The van der Waals surface area contributed by atoms with Crippen LogP contribution in [-0.4, -0.2) is 0 Å². The number of nitrogens with one attached hydrogen (secondary N) is 1. The van der Waals surface area contributed by atoms with Crippen LogP contribution in [0.15, 0.2) is 22.7 Å². The van der Waals surface area contributed by atoms with E-state index in [0.717, 1.165) is 10.9 Å².